The summed E-state index contributed by atoms with van der Waals surface area (Å²) in [6, 6.07) is 11.9. The van der Waals surface area contributed by atoms with Gasteiger partial charge in [-0.2, -0.15) is 5.10 Å². The molecule has 0 radical (unpaired) electrons. The van der Waals surface area contributed by atoms with Crippen LogP contribution in [0.4, 0.5) is 11.5 Å². The Morgan fingerprint density at radius 2 is 1.71 bits per heavy atom. The summed E-state index contributed by atoms with van der Waals surface area (Å²) in [7, 11) is 0. The number of carbonyl (C=O) groups is 2. The van der Waals surface area contributed by atoms with E-state index in [-0.39, 0.29) is 18.2 Å². The van der Waals surface area contributed by atoms with Crippen LogP contribution >= 0.6 is 0 Å². The van der Waals surface area contributed by atoms with Gasteiger partial charge in [0.2, 0.25) is 11.8 Å². The molecule has 5 rings (SSSR count). The third kappa shape index (κ3) is 2.11. The van der Waals surface area contributed by atoms with Crippen molar-refractivity contribution in [1.82, 2.24) is 9.78 Å². The Balaban J connectivity index is 1.77. The minimum absolute atomic E-state index is 0.0703. The van der Waals surface area contributed by atoms with Crippen molar-refractivity contribution in [2.45, 2.75) is 32.6 Å². The second kappa shape index (κ2) is 5.55. The highest BCUT2D eigenvalue weighted by molar-refractivity contribution is 6.14. The number of hydrogen-bond donors (Lipinski definition) is 2. The molecule has 2 aliphatic rings. The van der Waals surface area contributed by atoms with Crippen molar-refractivity contribution in [3.63, 3.8) is 0 Å². The summed E-state index contributed by atoms with van der Waals surface area (Å²) in [6.07, 6.45) is 1.78. The smallest absolute Gasteiger partial charge is 0.240 e. The quantitative estimate of drug-likeness (QED) is 0.688. The molecule has 1 atom stereocenters. The standard InChI is InChI=1S/C22H20N4O2/c1-12-5-7-18(14(3)8-12)26-20-16(11-23-26)22(10-19(27)25-20)15-9-13(2)4-6-17(15)24-21(22)28/h4-9,11H,10H2,1-3H3,(H,24,28)(H,25,27)/t22-/m0/s1. The van der Waals surface area contributed by atoms with Crippen LogP contribution in [-0.4, -0.2) is 21.6 Å². The maximum atomic E-state index is 13.2. The van der Waals surface area contributed by atoms with Crippen LogP contribution in [0, 0.1) is 20.8 Å². The summed E-state index contributed by atoms with van der Waals surface area (Å²) in [4.78, 5) is 25.9. The molecule has 3 heterocycles. The second-order valence-electron chi connectivity index (χ2n) is 7.74. The molecule has 2 N–H and O–H groups in total. The summed E-state index contributed by atoms with van der Waals surface area (Å²) in [5, 5.41) is 10.5. The van der Waals surface area contributed by atoms with E-state index in [1.807, 2.05) is 51.1 Å². The highest BCUT2D eigenvalue weighted by atomic mass is 16.2. The van der Waals surface area contributed by atoms with Crippen LogP contribution < -0.4 is 10.6 Å². The molecule has 3 aromatic rings. The zero-order chi connectivity index (χ0) is 19.6. The molecule has 1 aromatic heterocycles. The van der Waals surface area contributed by atoms with Gasteiger partial charge >= 0.3 is 0 Å². The molecule has 0 fully saturated rings. The van der Waals surface area contributed by atoms with Gasteiger partial charge in [-0.3, -0.25) is 9.59 Å². The van der Waals surface area contributed by atoms with E-state index in [0.29, 0.717) is 5.82 Å². The van der Waals surface area contributed by atoms with E-state index in [1.54, 1.807) is 10.9 Å². The first-order valence-corrected chi connectivity index (χ1v) is 9.29. The van der Waals surface area contributed by atoms with Gasteiger partial charge in [0.25, 0.3) is 0 Å². The Labute approximate surface area is 162 Å². The fraction of sp³-hybridized carbons (Fsp3) is 0.227. The van der Waals surface area contributed by atoms with Crippen LogP contribution in [0.5, 0.6) is 0 Å². The Bertz CT molecular complexity index is 1180. The predicted molar refractivity (Wildman–Crippen MR) is 107 cm³/mol. The Morgan fingerprint density at radius 3 is 2.50 bits per heavy atom. The lowest BCUT2D eigenvalue weighted by molar-refractivity contribution is -0.125. The first-order chi connectivity index (χ1) is 13.4. The van der Waals surface area contributed by atoms with Crippen LogP contribution in [0.25, 0.3) is 5.69 Å². The normalized spacial score (nSPS) is 20.0. The number of aryl methyl sites for hydroxylation is 3. The van der Waals surface area contributed by atoms with E-state index >= 15 is 0 Å². The van der Waals surface area contributed by atoms with Gasteiger partial charge in [-0.1, -0.05) is 35.4 Å². The highest BCUT2D eigenvalue weighted by Gasteiger charge is 2.54. The van der Waals surface area contributed by atoms with Gasteiger partial charge in [-0.15, -0.1) is 0 Å². The summed E-state index contributed by atoms with van der Waals surface area (Å²) in [5.74, 6) is 0.195. The summed E-state index contributed by atoms with van der Waals surface area (Å²) < 4.78 is 1.73. The van der Waals surface area contributed by atoms with Gasteiger partial charge in [-0.25, -0.2) is 4.68 Å². The maximum absolute atomic E-state index is 13.2. The minimum atomic E-state index is -1.05. The van der Waals surface area contributed by atoms with Crippen molar-refractivity contribution >= 4 is 23.3 Å². The molecule has 0 saturated heterocycles. The van der Waals surface area contributed by atoms with Crippen molar-refractivity contribution in [2.24, 2.45) is 0 Å². The molecule has 0 saturated carbocycles. The van der Waals surface area contributed by atoms with Crippen LogP contribution in [0.2, 0.25) is 0 Å². The van der Waals surface area contributed by atoms with Crippen molar-refractivity contribution in [2.75, 3.05) is 10.6 Å². The number of anilines is 2. The zero-order valence-corrected chi connectivity index (χ0v) is 16.0. The minimum Gasteiger partial charge on any atom is -0.325 e. The van der Waals surface area contributed by atoms with Gasteiger partial charge in [0.1, 0.15) is 11.2 Å². The number of amides is 2. The summed E-state index contributed by atoms with van der Waals surface area (Å²) in [5.41, 5.74) is 5.42. The Morgan fingerprint density at radius 1 is 0.964 bits per heavy atom. The van der Waals surface area contributed by atoms with Crippen LogP contribution in [-0.2, 0) is 15.0 Å². The lowest BCUT2D eigenvalue weighted by Gasteiger charge is -2.31. The van der Waals surface area contributed by atoms with Crippen molar-refractivity contribution < 1.29 is 9.59 Å². The first-order valence-electron chi connectivity index (χ1n) is 9.29. The number of benzene rings is 2. The van der Waals surface area contributed by atoms with Crippen molar-refractivity contribution in [3.8, 4) is 5.69 Å². The van der Waals surface area contributed by atoms with E-state index in [1.165, 1.54) is 0 Å². The number of aromatic nitrogens is 2. The fourth-order valence-electron chi connectivity index (χ4n) is 4.43. The molecule has 140 valence electrons. The topological polar surface area (TPSA) is 76.0 Å². The first kappa shape index (κ1) is 16.7. The molecule has 2 amide bonds. The average Bonchev–Trinajstić information content (AvgIpc) is 3.16. The van der Waals surface area contributed by atoms with Gasteiger partial charge in [-0.05, 0) is 44.0 Å². The average molecular weight is 372 g/mol. The van der Waals surface area contributed by atoms with Crippen molar-refractivity contribution in [3.05, 3.63) is 70.4 Å². The molecule has 0 aliphatic carbocycles. The number of carbonyl (C=O) groups excluding carboxylic acids is 2. The second-order valence-corrected chi connectivity index (χ2v) is 7.74. The van der Waals surface area contributed by atoms with Crippen LogP contribution in [0.15, 0.2) is 42.6 Å². The highest BCUT2D eigenvalue weighted by Crippen LogP contribution is 2.50. The third-order valence-corrected chi connectivity index (χ3v) is 5.76. The van der Waals surface area contributed by atoms with Crippen LogP contribution in [0.3, 0.4) is 0 Å². The molecule has 0 unspecified atom stereocenters. The fourth-order valence-corrected chi connectivity index (χ4v) is 4.43. The van der Waals surface area contributed by atoms with Crippen LogP contribution in [0.1, 0.15) is 34.2 Å². The molecule has 28 heavy (non-hydrogen) atoms. The molecular formula is C22H20N4O2. The van der Waals surface area contributed by atoms with Gasteiger partial charge < -0.3 is 10.6 Å². The monoisotopic (exact) mass is 372 g/mol. The Kier molecular flexibility index (Phi) is 3.32. The van der Waals surface area contributed by atoms with E-state index in [0.717, 1.165) is 39.2 Å². The molecule has 1 spiro atoms. The molecule has 2 aliphatic heterocycles. The molecular weight excluding hydrogens is 352 g/mol. The van der Waals surface area contributed by atoms with Gasteiger partial charge in [0.15, 0.2) is 0 Å². The number of nitrogens with one attached hydrogen (secondary N) is 2. The summed E-state index contributed by atoms with van der Waals surface area (Å²) >= 11 is 0. The predicted octanol–water partition coefficient (Wildman–Crippen LogP) is 3.38. The zero-order valence-electron chi connectivity index (χ0n) is 16.0. The molecule has 2 aromatic carbocycles. The number of rotatable bonds is 1. The molecule has 6 heteroatoms. The van der Waals surface area contributed by atoms with Gasteiger partial charge in [0, 0.05) is 17.7 Å². The SMILES string of the molecule is Cc1ccc(-n2ncc3c2NC(=O)C[C@@]32C(=O)Nc3ccc(C)cc32)c(C)c1. The van der Waals surface area contributed by atoms with E-state index < -0.39 is 5.41 Å². The van der Waals surface area contributed by atoms with E-state index in [9.17, 15) is 9.59 Å². The maximum Gasteiger partial charge on any atom is 0.240 e. The van der Waals surface area contributed by atoms with E-state index in [2.05, 4.69) is 21.8 Å². The lowest BCUT2D eigenvalue weighted by Crippen LogP contribution is -2.43. The lowest BCUT2D eigenvalue weighted by atomic mass is 9.71. The number of fused-ring (bicyclic) bond motifs is 4. The summed E-state index contributed by atoms with van der Waals surface area (Å²) in [6.45, 7) is 6.03. The van der Waals surface area contributed by atoms with Crippen molar-refractivity contribution in [1.29, 1.82) is 0 Å². The molecule has 0 bridgehead atoms. The third-order valence-electron chi connectivity index (χ3n) is 5.76. The largest absolute Gasteiger partial charge is 0.325 e. The Hall–Kier alpha value is -3.41. The number of hydrogen-bond acceptors (Lipinski definition) is 3. The van der Waals surface area contributed by atoms with Gasteiger partial charge in [0.05, 0.1) is 11.9 Å². The number of nitrogens with zero attached hydrogens (tertiary/aromatic N) is 2. The van der Waals surface area contributed by atoms with E-state index in [4.69, 9.17) is 0 Å². The molecule has 6 nitrogen and oxygen atoms in total.